The Bertz CT molecular complexity index is 1820. The molecule has 2 heterocycles. The van der Waals surface area contributed by atoms with Crippen LogP contribution in [-0.2, 0) is 0 Å². The van der Waals surface area contributed by atoms with E-state index in [9.17, 15) is 9.59 Å². The maximum Gasteiger partial charge on any atom is 0.291 e. The zero-order valence-electron chi connectivity index (χ0n) is 21.1. The molecule has 0 saturated carbocycles. The van der Waals surface area contributed by atoms with E-state index in [0.29, 0.717) is 39.7 Å². The highest BCUT2D eigenvalue weighted by atomic mass is 16.5. The molecule has 0 saturated heterocycles. The van der Waals surface area contributed by atoms with Gasteiger partial charge in [0.15, 0.2) is 22.7 Å². The minimum absolute atomic E-state index is 0.204. The van der Waals surface area contributed by atoms with Gasteiger partial charge in [-0.3, -0.25) is 9.59 Å². The summed E-state index contributed by atoms with van der Waals surface area (Å²) in [5.74, 6) is 0.562. The highest BCUT2D eigenvalue weighted by Gasteiger charge is 2.20. The van der Waals surface area contributed by atoms with Crippen LogP contribution in [0.1, 0.15) is 26.5 Å². The predicted octanol–water partition coefficient (Wildman–Crippen LogP) is 7.06. The molecule has 8 heteroatoms. The van der Waals surface area contributed by atoms with Crippen molar-refractivity contribution in [2.75, 3.05) is 17.7 Å². The molecule has 8 nitrogen and oxygen atoms in total. The number of benzene rings is 4. The molecule has 192 valence electrons. The van der Waals surface area contributed by atoms with Crippen molar-refractivity contribution < 1.29 is 23.2 Å². The average Bonchev–Trinajstić information content (AvgIpc) is 3.55. The Kier molecular flexibility index (Phi) is 6.05. The van der Waals surface area contributed by atoms with E-state index in [1.165, 1.54) is 0 Å². The van der Waals surface area contributed by atoms with Crippen molar-refractivity contribution in [3.8, 4) is 17.2 Å². The number of ether oxygens (including phenoxy) is 1. The van der Waals surface area contributed by atoms with Crippen molar-refractivity contribution in [3.05, 3.63) is 108 Å². The number of nitrogens with one attached hydrogen (secondary N) is 2. The number of aromatic nitrogens is 1. The zero-order chi connectivity index (χ0) is 26.9. The third-order valence-corrected chi connectivity index (χ3v) is 6.42. The van der Waals surface area contributed by atoms with Crippen LogP contribution in [0.4, 0.5) is 11.4 Å². The van der Waals surface area contributed by atoms with E-state index in [4.69, 9.17) is 13.6 Å². The van der Waals surface area contributed by atoms with Gasteiger partial charge >= 0.3 is 0 Å². The lowest BCUT2D eigenvalue weighted by molar-refractivity contribution is 0.0996. The number of anilines is 2. The summed E-state index contributed by atoms with van der Waals surface area (Å²) in [6, 6.07) is 27.0. The van der Waals surface area contributed by atoms with Gasteiger partial charge in [-0.05, 0) is 67.6 Å². The van der Waals surface area contributed by atoms with Gasteiger partial charge in [0, 0.05) is 33.5 Å². The summed E-state index contributed by atoms with van der Waals surface area (Å²) in [6.07, 6.45) is 0. The maximum atomic E-state index is 12.9. The number of furan rings is 1. The van der Waals surface area contributed by atoms with Crippen molar-refractivity contribution in [2.45, 2.75) is 6.92 Å². The fourth-order valence-corrected chi connectivity index (χ4v) is 4.42. The zero-order valence-corrected chi connectivity index (χ0v) is 21.1. The lowest BCUT2D eigenvalue weighted by atomic mass is 10.1. The van der Waals surface area contributed by atoms with Crippen LogP contribution in [0.3, 0.4) is 0 Å². The number of amides is 2. The van der Waals surface area contributed by atoms with Crippen LogP contribution in [0.2, 0.25) is 0 Å². The predicted molar refractivity (Wildman–Crippen MR) is 149 cm³/mol. The number of para-hydroxylation sites is 3. The fourth-order valence-electron chi connectivity index (χ4n) is 4.42. The first-order valence-electron chi connectivity index (χ1n) is 12.2. The first-order valence-corrected chi connectivity index (χ1v) is 12.2. The van der Waals surface area contributed by atoms with Crippen LogP contribution in [0.5, 0.6) is 5.75 Å². The molecule has 0 aliphatic carbocycles. The second kappa shape index (κ2) is 9.83. The lowest BCUT2D eigenvalue weighted by Crippen LogP contribution is -2.14. The van der Waals surface area contributed by atoms with Crippen molar-refractivity contribution in [3.63, 3.8) is 0 Å². The first kappa shape index (κ1) is 24.0. The van der Waals surface area contributed by atoms with E-state index >= 15 is 0 Å². The molecule has 0 fully saturated rings. The Morgan fingerprint density at radius 1 is 0.795 bits per heavy atom. The standard InChI is InChI=1S/C31H23N3O5/c1-18-23-9-6-12-26(37-2)28(23)39-27(18)30(36)32-21-15-13-19(14-16-21)29(35)33-22-8-5-7-20(17-22)31-34-24-10-3-4-11-25(24)38-31/h3-17H,1-2H3,(H,32,36)(H,33,35). The number of hydrogen-bond acceptors (Lipinski definition) is 6. The summed E-state index contributed by atoms with van der Waals surface area (Å²) in [5.41, 5.74) is 5.03. The number of aryl methyl sites for hydroxylation is 1. The van der Waals surface area contributed by atoms with Crippen LogP contribution in [0.15, 0.2) is 99.8 Å². The van der Waals surface area contributed by atoms with Gasteiger partial charge in [0.25, 0.3) is 11.8 Å². The maximum absolute atomic E-state index is 12.9. The Balaban J connectivity index is 1.15. The van der Waals surface area contributed by atoms with E-state index in [-0.39, 0.29) is 17.6 Å². The number of fused-ring (bicyclic) bond motifs is 2. The molecule has 2 N–H and O–H groups in total. The largest absolute Gasteiger partial charge is 0.493 e. The molecule has 2 aromatic heterocycles. The highest BCUT2D eigenvalue weighted by molar-refractivity contribution is 6.08. The molecule has 39 heavy (non-hydrogen) atoms. The van der Waals surface area contributed by atoms with Gasteiger partial charge in [-0.15, -0.1) is 0 Å². The number of oxazole rings is 1. The van der Waals surface area contributed by atoms with E-state index in [1.54, 1.807) is 43.5 Å². The summed E-state index contributed by atoms with van der Waals surface area (Å²) in [5, 5.41) is 6.54. The first-order chi connectivity index (χ1) is 19.0. The van der Waals surface area contributed by atoms with E-state index in [2.05, 4.69) is 15.6 Å². The average molecular weight is 518 g/mol. The van der Waals surface area contributed by atoms with Gasteiger partial charge < -0.3 is 24.2 Å². The Morgan fingerprint density at radius 3 is 2.36 bits per heavy atom. The SMILES string of the molecule is COc1cccc2c(C)c(C(=O)Nc3ccc(C(=O)Nc4cccc(-c5nc6ccccc6o5)c4)cc3)oc12. The van der Waals surface area contributed by atoms with Gasteiger partial charge in [0.05, 0.1) is 7.11 Å². The third kappa shape index (κ3) is 4.59. The molecule has 0 spiro atoms. The van der Waals surface area contributed by atoms with Gasteiger partial charge in [0.1, 0.15) is 5.52 Å². The molecule has 0 aliphatic heterocycles. The molecule has 0 unspecified atom stereocenters. The number of methoxy groups -OCH3 is 1. The second-order valence-corrected chi connectivity index (χ2v) is 8.95. The highest BCUT2D eigenvalue weighted by Crippen LogP contribution is 2.32. The van der Waals surface area contributed by atoms with Crippen LogP contribution in [0, 0.1) is 6.92 Å². The topological polar surface area (TPSA) is 107 Å². The van der Waals surface area contributed by atoms with E-state index in [0.717, 1.165) is 22.0 Å². The number of carbonyl (C=O) groups excluding carboxylic acids is 2. The van der Waals surface area contributed by atoms with Crippen LogP contribution in [-0.4, -0.2) is 23.9 Å². The van der Waals surface area contributed by atoms with Crippen LogP contribution >= 0.6 is 0 Å². The lowest BCUT2D eigenvalue weighted by Gasteiger charge is -2.08. The summed E-state index contributed by atoms with van der Waals surface area (Å²) in [4.78, 5) is 30.3. The molecular weight excluding hydrogens is 494 g/mol. The molecule has 0 bridgehead atoms. The summed E-state index contributed by atoms with van der Waals surface area (Å²) < 4.78 is 17.0. The smallest absolute Gasteiger partial charge is 0.291 e. The molecular formula is C31H23N3O5. The fraction of sp³-hybridized carbons (Fsp3) is 0.0645. The molecule has 4 aromatic carbocycles. The normalized spacial score (nSPS) is 11.0. The van der Waals surface area contributed by atoms with Gasteiger partial charge in [-0.2, -0.15) is 0 Å². The number of nitrogens with zero attached hydrogens (tertiary/aromatic N) is 1. The van der Waals surface area contributed by atoms with Crippen molar-refractivity contribution in [1.29, 1.82) is 0 Å². The number of rotatable bonds is 6. The van der Waals surface area contributed by atoms with Crippen molar-refractivity contribution >= 4 is 45.3 Å². The summed E-state index contributed by atoms with van der Waals surface area (Å²) in [6.45, 7) is 1.83. The van der Waals surface area contributed by atoms with Crippen molar-refractivity contribution in [1.82, 2.24) is 4.98 Å². The Morgan fingerprint density at radius 2 is 1.56 bits per heavy atom. The van der Waals surface area contributed by atoms with E-state index in [1.807, 2.05) is 61.5 Å². The van der Waals surface area contributed by atoms with Gasteiger partial charge in [-0.1, -0.05) is 30.3 Å². The molecule has 2 amide bonds. The summed E-state index contributed by atoms with van der Waals surface area (Å²) >= 11 is 0. The molecule has 6 aromatic rings. The minimum Gasteiger partial charge on any atom is -0.493 e. The molecule has 0 aliphatic rings. The summed E-state index contributed by atoms with van der Waals surface area (Å²) in [7, 11) is 1.55. The van der Waals surface area contributed by atoms with Gasteiger partial charge in [-0.25, -0.2) is 4.98 Å². The number of hydrogen-bond donors (Lipinski definition) is 2. The Labute approximate surface area is 223 Å². The van der Waals surface area contributed by atoms with Crippen LogP contribution < -0.4 is 15.4 Å². The third-order valence-electron chi connectivity index (χ3n) is 6.42. The van der Waals surface area contributed by atoms with Crippen molar-refractivity contribution in [2.24, 2.45) is 0 Å². The van der Waals surface area contributed by atoms with Gasteiger partial charge in [0.2, 0.25) is 5.89 Å². The quantitative estimate of drug-likeness (QED) is 0.245. The molecule has 6 rings (SSSR count). The minimum atomic E-state index is -0.390. The Hall–Kier alpha value is -5.37. The monoisotopic (exact) mass is 517 g/mol. The molecule has 0 radical (unpaired) electrons. The molecule has 0 atom stereocenters. The number of carbonyl (C=O) groups is 2. The van der Waals surface area contributed by atoms with Crippen LogP contribution in [0.25, 0.3) is 33.5 Å². The second-order valence-electron chi connectivity index (χ2n) is 8.95. The van der Waals surface area contributed by atoms with E-state index < -0.39 is 0 Å².